The third-order valence-corrected chi connectivity index (χ3v) is 3.23. The van der Waals surface area contributed by atoms with Crippen LogP contribution >= 0.6 is 11.6 Å². The predicted octanol–water partition coefficient (Wildman–Crippen LogP) is 0.836. The van der Waals surface area contributed by atoms with Crippen molar-refractivity contribution in [1.82, 2.24) is 9.80 Å². The van der Waals surface area contributed by atoms with E-state index in [-0.39, 0.29) is 18.4 Å². The molecule has 0 atom stereocenters. The van der Waals surface area contributed by atoms with Gasteiger partial charge in [0.05, 0.1) is 5.56 Å². The predicted molar refractivity (Wildman–Crippen MR) is 69.4 cm³/mol. The van der Waals surface area contributed by atoms with Crippen LogP contribution < -0.4 is 5.73 Å². The summed E-state index contributed by atoms with van der Waals surface area (Å²) < 4.78 is 0. The number of amides is 2. The molecule has 6 heteroatoms. The van der Waals surface area contributed by atoms with Gasteiger partial charge >= 0.3 is 0 Å². The van der Waals surface area contributed by atoms with E-state index in [2.05, 4.69) is 0 Å². The normalized spacial score (nSPS) is 16.0. The van der Waals surface area contributed by atoms with Crippen LogP contribution in [0.5, 0.6) is 0 Å². The Balaban J connectivity index is 2.21. The average Bonchev–Trinajstić information content (AvgIpc) is 2.35. The van der Waals surface area contributed by atoms with E-state index in [1.165, 1.54) is 11.0 Å². The number of likely N-dealkylation sites (N-methyl/N-ethyl adjacent to an activating group) is 1. The van der Waals surface area contributed by atoms with E-state index in [0.717, 1.165) is 0 Å². The average molecular weight is 268 g/mol. The fraction of sp³-hybridized carbons (Fsp3) is 0.333. The van der Waals surface area contributed by atoms with E-state index < -0.39 is 0 Å². The number of hydrogen-bond acceptors (Lipinski definition) is 3. The number of nitrogens with zero attached hydrogens (tertiary/aromatic N) is 2. The lowest BCUT2D eigenvalue weighted by atomic mass is 10.1. The molecule has 1 saturated heterocycles. The number of piperazine rings is 1. The Labute approximate surface area is 110 Å². The summed E-state index contributed by atoms with van der Waals surface area (Å²) in [6.45, 7) is 1.12. The van der Waals surface area contributed by atoms with E-state index in [4.69, 9.17) is 17.3 Å². The van der Waals surface area contributed by atoms with Gasteiger partial charge in [-0.25, -0.2) is 0 Å². The number of nitrogens with two attached hydrogens (primary N) is 1. The molecule has 0 aromatic heterocycles. The molecule has 1 heterocycles. The first-order chi connectivity index (χ1) is 8.49. The topological polar surface area (TPSA) is 66.6 Å². The number of hydrogen-bond donors (Lipinski definition) is 1. The zero-order valence-electron chi connectivity index (χ0n) is 10.0. The molecule has 0 unspecified atom stereocenters. The number of benzene rings is 1. The first-order valence-electron chi connectivity index (χ1n) is 5.57. The van der Waals surface area contributed by atoms with Gasteiger partial charge in [-0.05, 0) is 18.2 Å². The maximum atomic E-state index is 12.2. The molecule has 0 bridgehead atoms. The Morgan fingerprint density at radius 1 is 1.39 bits per heavy atom. The molecule has 1 aliphatic rings. The van der Waals surface area contributed by atoms with E-state index in [1.807, 2.05) is 0 Å². The van der Waals surface area contributed by atoms with Crippen LogP contribution in [0.25, 0.3) is 0 Å². The molecule has 1 aliphatic heterocycles. The highest BCUT2D eigenvalue weighted by Crippen LogP contribution is 2.20. The third-order valence-electron chi connectivity index (χ3n) is 2.99. The molecule has 2 rings (SSSR count). The summed E-state index contributed by atoms with van der Waals surface area (Å²) in [7, 11) is 1.72. The molecule has 0 saturated carbocycles. The van der Waals surface area contributed by atoms with Crippen LogP contribution in [0.3, 0.4) is 0 Å². The number of carbonyl (C=O) groups is 2. The second-order valence-corrected chi connectivity index (χ2v) is 4.71. The lowest BCUT2D eigenvalue weighted by Crippen LogP contribution is -2.50. The van der Waals surface area contributed by atoms with Gasteiger partial charge < -0.3 is 15.5 Å². The van der Waals surface area contributed by atoms with E-state index in [9.17, 15) is 9.59 Å². The third kappa shape index (κ3) is 2.41. The fourth-order valence-electron chi connectivity index (χ4n) is 1.82. The van der Waals surface area contributed by atoms with Gasteiger partial charge in [-0.15, -0.1) is 0 Å². The summed E-state index contributed by atoms with van der Waals surface area (Å²) in [6, 6.07) is 4.75. The molecule has 1 fully saturated rings. The summed E-state index contributed by atoms with van der Waals surface area (Å²) in [6.07, 6.45) is 0. The van der Waals surface area contributed by atoms with Crippen LogP contribution in [0.1, 0.15) is 10.4 Å². The second kappa shape index (κ2) is 4.86. The molecule has 1 aromatic carbocycles. The summed E-state index contributed by atoms with van der Waals surface area (Å²) in [5.74, 6) is -0.327. The van der Waals surface area contributed by atoms with Crippen LogP contribution in [0, 0.1) is 0 Å². The van der Waals surface area contributed by atoms with Gasteiger partial charge in [0.1, 0.15) is 6.54 Å². The number of halogens is 1. The van der Waals surface area contributed by atoms with Gasteiger partial charge in [0.15, 0.2) is 0 Å². The molecule has 0 aliphatic carbocycles. The van der Waals surface area contributed by atoms with Gasteiger partial charge in [-0.1, -0.05) is 11.6 Å². The number of rotatable bonds is 1. The molecular weight excluding hydrogens is 254 g/mol. The van der Waals surface area contributed by atoms with Crippen molar-refractivity contribution in [1.29, 1.82) is 0 Å². The quantitative estimate of drug-likeness (QED) is 0.767. The lowest BCUT2D eigenvalue weighted by Gasteiger charge is -2.32. The van der Waals surface area contributed by atoms with Crippen molar-refractivity contribution in [2.24, 2.45) is 0 Å². The van der Waals surface area contributed by atoms with Gasteiger partial charge in [0.25, 0.3) is 5.91 Å². The van der Waals surface area contributed by atoms with Crippen molar-refractivity contribution < 1.29 is 9.59 Å². The summed E-state index contributed by atoms with van der Waals surface area (Å²) in [4.78, 5) is 26.9. The first-order valence-corrected chi connectivity index (χ1v) is 5.95. The zero-order chi connectivity index (χ0) is 13.3. The summed E-state index contributed by atoms with van der Waals surface area (Å²) >= 11 is 5.85. The highest BCUT2D eigenvalue weighted by atomic mass is 35.5. The Kier molecular flexibility index (Phi) is 3.43. The van der Waals surface area contributed by atoms with Crippen molar-refractivity contribution >= 4 is 29.1 Å². The van der Waals surface area contributed by atoms with Crippen molar-refractivity contribution in [3.63, 3.8) is 0 Å². The number of nitrogen functional groups attached to an aromatic ring is 1. The lowest BCUT2D eigenvalue weighted by molar-refractivity contribution is -0.133. The van der Waals surface area contributed by atoms with E-state index in [1.54, 1.807) is 24.1 Å². The highest BCUT2D eigenvalue weighted by molar-refractivity contribution is 6.31. The molecule has 2 N–H and O–H groups in total. The molecule has 96 valence electrons. The van der Waals surface area contributed by atoms with Crippen LogP contribution in [0.4, 0.5) is 5.69 Å². The minimum atomic E-state index is -0.253. The van der Waals surface area contributed by atoms with Crippen LogP contribution in [-0.2, 0) is 4.79 Å². The van der Waals surface area contributed by atoms with E-state index >= 15 is 0 Å². The first kappa shape index (κ1) is 12.7. The molecule has 0 spiro atoms. The van der Waals surface area contributed by atoms with Crippen molar-refractivity contribution in [2.45, 2.75) is 0 Å². The largest absolute Gasteiger partial charge is 0.398 e. The Bertz CT molecular complexity index is 504. The van der Waals surface area contributed by atoms with Crippen LogP contribution in [-0.4, -0.2) is 48.3 Å². The minimum absolute atomic E-state index is 0.0739. The number of anilines is 1. The number of carbonyl (C=O) groups excluding carboxylic acids is 2. The Morgan fingerprint density at radius 3 is 2.78 bits per heavy atom. The monoisotopic (exact) mass is 267 g/mol. The van der Waals surface area contributed by atoms with E-state index in [0.29, 0.717) is 29.4 Å². The van der Waals surface area contributed by atoms with Gasteiger partial charge in [-0.2, -0.15) is 0 Å². The summed E-state index contributed by atoms with van der Waals surface area (Å²) in [5, 5.41) is 0.452. The van der Waals surface area contributed by atoms with Crippen LogP contribution in [0.2, 0.25) is 5.02 Å². The van der Waals surface area contributed by atoms with Crippen molar-refractivity contribution in [3.05, 3.63) is 28.8 Å². The minimum Gasteiger partial charge on any atom is -0.398 e. The van der Waals surface area contributed by atoms with Gasteiger partial charge in [0, 0.05) is 30.8 Å². The fourth-order valence-corrected chi connectivity index (χ4v) is 1.99. The second-order valence-electron chi connectivity index (χ2n) is 4.27. The molecular formula is C12H14ClN3O2. The highest BCUT2D eigenvalue weighted by Gasteiger charge is 2.26. The smallest absolute Gasteiger partial charge is 0.256 e. The van der Waals surface area contributed by atoms with Crippen LogP contribution in [0.15, 0.2) is 18.2 Å². The maximum Gasteiger partial charge on any atom is 0.256 e. The maximum absolute atomic E-state index is 12.2. The van der Waals surface area contributed by atoms with Crippen molar-refractivity contribution in [3.8, 4) is 0 Å². The zero-order valence-corrected chi connectivity index (χ0v) is 10.8. The Morgan fingerprint density at radius 2 is 2.11 bits per heavy atom. The summed E-state index contributed by atoms with van der Waals surface area (Å²) in [5.41, 5.74) is 6.48. The molecule has 18 heavy (non-hydrogen) atoms. The molecule has 5 nitrogen and oxygen atoms in total. The molecule has 1 aromatic rings. The molecule has 2 amide bonds. The van der Waals surface area contributed by atoms with Gasteiger partial charge in [0.2, 0.25) is 5.91 Å². The standard InChI is InChI=1S/C12H14ClN3O2/c1-15-4-5-16(7-11(15)17)12(18)9-6-8(13)2-3-10(9)14/h2-3,6H,4-5,7,14H2,1H3. The Hall–Kier alpha value is -1.75. The van der Waals surface area contributed by atoms with Crippen molar-refractivity contribution in [2.75, 3.05) is 32.4 Å². The van der Waals surface area contributed by atoms with Gasteiger partial charge in [-0.3, -0.25) is 9.59 Å². The molecule has 0 radical (unpaired) electrons. The SMILES string of the molecule is CN1CCN(C(=O)c2cc(Cl)ccc2N)CC1=O.